The Labute approximate surface area is 84.7 Å². The molecule has 2 aromatic heterocycles. The normalized spacial score (nSPS) is 10.8. The van der Waals surface area contributed by atoms with Crippen molar-refractivity contribution in [1.29, 1.82) is 0 Å². The Bertz CT molecular complexity index is 406. The number of fused-ring (bicyclic) bond motifs is 1. The van der Waals surface area contributed by atoms with Gasteiger partial charge in [-0.05, 0) is 46.7 Å². The van der Waals surface area contributed by atoms with E-state index in [0.29, 0.717) is 0 Å². The van der Waals surface area contributed by atoms with Crippen LogP contribution in [0.15, 0.2) is 24.5 Å². The van der Waals surface area contributed by atoms with E-state index >= 15 is 0 Å². The SMILES string of the molecule is CCc1ccn2ncc(I)c2c1. The van der Waals surface area contributed by atoms with E-state index in [1.807, 2.05) is 16.9 Å². The van der Waals surface area contributed by atoms with Gasteiger partial charge in [0.05, 0.1) is 15.3 Å². The molecule has 3 heteroatoms. The molecule has 2 aromatic rings. The van der Waals surface area contributed by atoms with Crippen molar-refractivity contribution >= 4 is 28.1 Å². The number of hydrogen-bond acceptors (Lipinski definition) is 1. The van der Waals surface area contributed by atoms with E-state index in [0.717, 1.165) is 6.42 Å². The topological polar surface area (TPSA) is 17.3 Å². The van der Waals surface area contributed by atoms with Crippen LogP contribution in [-0.4, -0.2) is 9.61 Å². The summed E-state index contributed by atoms with van der Waals surface area (Å²) in [5.41, 5.74) is 2.57. The molecule has 0 N–H and O–H groups in total. The van der Waals surface area contributed by atoms with Crippen LogP contribution in [0.5, 0.6) is 0 Å². The lowest BCUT2D eigenvalue weighted by atomic mass is 10.2. The highest BCUT2D eigenvalue weighted by Crippen LogP contribution is 2.14. The maximum atomic E-state index is 4.20. The fraction of sp³-hybridized carbons (Fsp3) is 0.222. The van der Waals surface area contributed by atoms with Gasteiger partial charge in [-0.25, -0.2) is 4.52 Å². The molecule has 2 rings (SSSR count). The van der Waals surface area contributed by atoms with Gasteiger partial charge in [-0.2, -0.15) is 5.10 Å². The lowest BCUT2D eigenvalue weighted by Crippen LogP contribution is -1.88. The van der Waals surface area contributed by atoms with Gasteiger partial charge in [0.15, 0.2) is 0 Å². The van der Waals surface area contributed by atoms with Crippen LogP contribution in [0.1, 0.15) is 12.5 Å². The number of rotatable bonds is 1. The first-order valence-corrected chi connectivity index (χ1v) is 5.01. The molecular formula is C9H9IN2. The fourth-order valence-electron chi connectivity index (χ4n) is 1.21. The van der Waals surface area contributed by atoms with E-state index in [2.05, 4.69) is 46.7 Å². The summed E-state index contributed by atoms with van der Waals surface area (Å²) in [6.45, 7) is 2.16. The zero-order valence-electron chi connectivity index (χ0n) is 6.79. The van der Waals surface area contributed by atoms with Crippen LogP contribution in [-0.2, 0) is 6.42 Å². The highest BCUT2D eigenvalue weighted by molar-refractivity contribution is 14.1. The lowest BCUT2D eigenvalue weighted by molar-refractivity contribution is 0.951. The Morgan fingerprint density at radius 3 is 3.17 bits per heavy atom. The van der Waals surface area contributed by atoms with E-state index in [9.17, 15) is 0 Å². The summed E-state index contributed by atoms with van der Waals surface area (Å²) in [7, 11) is 0. The van der Waals surface area contributed by atoms with Crippen LogP contribution in [0.2, 0.25) is 0 Å². The van der Waals surface area contributed by atoms with Crippen molar-refractivity contribution < 1.29 is 0 Å². The number of aryl methyl sites for hydroxylation is 1. The van der Waals surface area contributed by atoms with Crippen LogP contribution in [0.3, 0.4) is 0 Å². The molecular weight excluding hydrogens is 263 g/mol. The molecule has 0 aliphatic heterocycles. The molecule has 12 heavy (non-hydrogen) atoms. The molecule has 0 saturated heterocycles. The molecule has 2 nitrogen and oxygen atoms in total. The molecule has 0 bridgehead atoms. The van der Waals surface area contributed by atoms with Gasteiger partial charge in [-0.15, -0.1) is 0 Å². The zero-order chi connectivity index (χ0) is 8.55. The Hall–Kier alpha value is -0.580. The predicted octanol–water partition coefficient (Wildman–Crippen LogP) is 2.50. The Morgan fingerprint density at radius 1 is 1.58 bits per heavy atom. The van der Waals surface area contributed by atoms with E-state index in [4.69, 9.17) is 0 Å². The monoisotopic (exact) mass is 272 g/mol. The van der Waals surface area contributed by atoms with Gasteiger partial charge < -0.3 is 0 Å². The van der Waals surface area contributed by atoms with Crippen LogP contribution in [0.4, 0.5) is 0 Å². The van der Waals surface area contributed by atoms with Gasteiger partial charge >= 0.3 is 0 Å². The number of nitrogens with zero attached hydrogens (tertiary/aromatic N) is 2. The molecule has 0 saturated carbocycles. The van der Waals surface area contributed by atoms with E-state index in [1.165, 1.54) is 14.7 Å². The molecule has 0 atom stereocenters. The second-order valence-electron chi connectivity index (χ2n) is 2.71. The molecule has 0 aliphatic carbocycles. The molecule has 0 unspecified atom stereocenters. The van der Waals surface area contributed by atoms with Crippen LogP contribution >= 0.6 is 22.6 Å². The van der Waals surface area contributed by atoms with Crippen LogP contribution in [0, 0.1) is 3.57 Å². The molecule has 0 radical (unpaired) electrons. The van der Waals surface area contributed by atoms with Gasteiger partial charge in [-0.1, -0.05) is 6.92 Å². The fourth-order valence-corrected chi connectivity index (χ4v) is 1.74. The van der Waals surface area contributed by atoms with Crippen LogP contribution in [0.25, 0.3) is 5.52 Å². The van der Waals surface area contributed by atoms with E-state index in [-0.39, 0.29) is 0 Å². The number of hydrogen-bond donors (Lipinski definition) is 0. The summed E-state index contributed by atoms with van der Waals surface area (Å²) >= 11 is 2.30. The summed E-state index contributed by atoms with van der Waals surface area (Å²) in [6.07, 6.45) is 4.98. The first-order chi connectivity index (χ1) is 5.81. The smallest absolute Gasteiger partial charge is 0.0797 e. The second-order valence-corrected chi connectivity index (χ2v) is 3.87. The number of halogens is 1. The Kier molecular flexibility index (Phi) is 2.04. The van der Waals surface area contributed by atoms with Gasteiger partial charge in [0.1, 0.15) is 0 Å². The minimum Gasteiger partial charge on any atom is -0.240 e. The zero-order valence-corrected chi connectivity index (χ0v) is 8.95. The summed E-state index contributed by atoms with van der Waals surface area (Å²) in [4.78, 5) is 0. The Morgan fingerprint density at radius 2 is 2.42 bits per heavy atom. The third-order valence-corrected chi connectivity index (χ3v) is 2.78. The van der Waals surface area contributed by atoms with Crippen molar-refractivity contribution in [3.8, 4) is 0 Å². The molecule has 0 aliphatic rings. The lowest BCUT2D eigenvalue weighted by Gasteiger charge is -1.97. The minimum absolute atomic E-state index is 1.08. The Balaban J connectivity index is 2.71. The molecule has 0 aromatic carbocycles. The molecule has 2 heterocycles. The maximum Gasteiger partial charge on any atom is 0.0797 e. The first-order valence-electron chi connectivity index (χ1n) is 3.93. The maximum absolute atomic E-state index is 4.20. The standard InChI is InChI=1S/C9H9IN2/c1-2-7-3-4-12-9(5-7)8(10)6-11-12/h3-6H,2H2,1H3. The third kappa shape index (κ3) is 1.22. The van der Waals surface area contributed by atoms with Crippen molar-refractivity contribution in [2.24, 2.45) is 0 Å². The molecule has 62 valence electrons. The highest BCUT2D eigenvalue weighted by atomic mass is 127. The number of aromatic nitrogens is 2. The minimum atomic E-state index is 1.08. The van der Waals surface area contributed by atoms with Gasteiger partial charge in [-0.3, -0.25) is 0 Å². The summed E-state index contributed by atoms with van der Waals surface area (Å²) in [6, 6.07) is 4.30. The first kappa shape index (κ1) is 8.04. The largest absolute Gasteiger partial charge is 0.240 e. The molecule has 0 spiro atoms. The second kappa shape index (κ2) is 3.05. The van der Waals surface area contributed by atoms with Gasteiger partial charge in [0, 0.05) is 6.20 Å². The quantitative estimate of drug-likeness (QED) is 0.729. The highest BCUT2D eigenvalue weighted by Gasteiger charge is 1.99. The summed E-state index contributed by atoms with van der Waals surface area (Å²) in [5, 5.41) is 4.20. The van der Waals surface area contributed by atoms with Crippen molar-refractivity contribution in [3.05, 3.63) is 33.7 Å². The van der Waals surface area contributed by atoms with E-state index in [1.54, 1.807) is 0 Å². The molecule has 0 fully saturated rings. The van der Waals surface area contributed by atoms with Crippen LogP contribution < -0.4 is 0 Å². The van der Waals surface area contributed by atoms with E-state index < -0.39 is 0 Å². The predicted molar refractivity (Wildman–Crippen MR) is 57.3 cm³/mol. The average Bonchev–Trinajstić information content (AvgIpc) is 2.47. The van der Waals surface area contributed by atoms with Crippen molar-refractivity contribution in [1.82, 2.24) is 9.61 Å². The van der Waals surface area contributed by atoms with Crippen molar-refractivity contribution in [2.75, 3.05) is 0 Å². The van der Waals surface area contributed by atoms with Crippen molar-refractivity contribution in [2.45, 2.75) is 13.3 Å². The van der Waals surface area contributed by atoms with Gasteiger partial charge in [0.25, 0.3) is 0 Å². The number of pyridine rings is 1. The average molecular weight is 272 g/mol. The van der Waals surface area contributed by atoms with Crippen molar-refractivity contribution in [3.63, 3.8) is 0 Å². The van der Waals surface area contributed by atoms with Gasteiger partial charge in [0.2, 0.25) is 0 Å². The molecule has 0 amide bonds. The third-order valence-electron chi connectivity index (χ3n) is 1.95. The summed E-state index contributed by atoms with van der Waals surface area (Å²) < 4.78 is 3.11. The summed E-state index contributed by atoms with van der Waals surface area (Å²) in [5.74, 6) is 0.